The van der Waals surface area contributed by atoms with Crippen molar-refractivity contribution >= 4 is 34.2 Å². The third kappa shape index (κ3) is 3.79. The fourth-order valence-electron chi connectivity index (χ4n) is 2.18. The number of anilines is 3. The maximum Gasteiger partial charge on any atom is 0.271 e. The van der Waals surface area contributed by atoms with Crippen molar-refractivity contribution in [3.8, 4) is 0 Å². The van der Waals surface area contributed by atoms with Crippen LogP contribution in [0.1, 0.15) is 0 Å². The van der Waals surface area contributed by atoms with Gasteiger partial charge in [0, 0.05) is 17.8 Å². The molecule has 0 aliphatic carbocycles. The Labute approximate surface area is 146 Å². The summed E-state index contributed by atoms with van der Waals surface area (Å²) >= 11 is 0. The fourth-order valence-corrected chi connectivity index (χ4v) is 2.18. The molecule has 2 heterocycles. The van der Waals surface area contributed by atoms with E-state index in [2.05, 4.69) is 30.6 Å². The smallest absolute Gasteiger partial charge is 0.271 e. The third-order valence-electron chi connectivity index (χ3n) is 3.47. The lowest BCUT2D eigenvalue weighted by Gasteiger charge is -2.13. The van der Waals surface area contributed by atoms with Crippen LogP contribution in [0.5, 0.6) is 0 Å². The summed E-state index contributed by atoms with van der Waals surface area (Å²) in [5.41, 5.74) is 1.25. The molecule has 0 unspecified atom stereocenters. The molecule has 26 heavy (non-hydrogen) atoms. The van der Waals surface area contributed by atoms with E-state index in [0.717, 1.165) is 0 Å². The normalized spacial score (nSPS) is 10.9. The molecule has 0 amide bonds. The number of nitrogens with zero attached hydrogens (tertiary/aromatic N) is 5. The Morgan fingerprint density at radius 2 is 2.00 bits per heavy atom. The highest BCUT2D eigenvalue weighted by Crippen LogP contribution is 2.24. The van der Waals surface area contributed by atoms with E-state index in [1.165, 1.54) is 24.7 Å². The number of nitro groups is 1. The molecule has 0 spiro atoms. The first-order valence-corrected chi connectivity index (χ1v) is 7.58. The number of rotatable bonds is 7. The first-order valence-electron chi connectivity index (χ1n) is 7.58. The van der Waals surface area contributed by atoms with Crippen molar-refractivity contribution in [2.24, 2.45) is 0 Å². The topological polar surface area (TPSA) is 159 Å². The molecule has 0 aliphatic rings. The lowest BCUT2D eigenvalue weighted by atomic mass is 10.2. The van der Waals surface area contributed by atoms with E-state index in [1.54, 1.807) is 12.1 Å². The van der Waals surface area contributed by atoms with E-state index in [-0.39, 0.29) is 24.8 Å². The highest BCUT2D eigenvalue weighted by Gasteiger charge is 2.12. The zero-order valence-electron chi connectivity index (χ0n) is 13.4. The second-order valence-electron chi connectivity index (χ2n) is 5.29. The molecule has 134 valence electrons. The predicted molar refractivity (Wildman–Crippen MR) is 93.1 cm³/mol. The number of aromatic nitrogens is 4. The molecule has 0 bridgehead atoms. The van der Waals surface area contributed by atoms with Gasteiger partial charge < -0.3 is 20.8 Å². The van der Waals surface area contributed by atoms with E-state index in [1.807, 2.05) is 0 Å². The highest BCUT2D eigenvalue weighted by molar-refractivity contribution is 5.87. The summed E-state index contributed by atoms with van der Waals surface area (Å²) in [4.78, 5) is 27.0. The molecule has 0 saturated heterocycles. The van der Waals surface area contributed by atoms with Crippen molar-refractivity contribution in [3.63, 3.8) is 0 Å². The Balaban J connectivity index is 1.95. The molecular formula is C15H15N7O4. The molecule has 3 aromatic rings. The Bertz CT molecular complexity index is 933. The number of non-ortho nitro benzene ring substituents is 1. The molecule has 4 N–H and O–H groups in total. The monoisotopic (exact) mass is 357 g/mol. The van der Waals surface area contributed by atoms with Crippen LogP contribution in [0.4, 0.5) is 23.1 Å². The number of benzene rings is 1. The van der Waals surface area contributed by atoms with Crippen molar-refractivity contribution < 1.29 is 15.1 Å². The minimum absolute atomic E-state index is 0.0564. The molecule has 1 aromatic carbocycles. The summed E-state index contributed by atoms with van der Waals surface area (Å²) in [5.74, 6) is 0.521. The van der Waals surface area contributed by atoms with Crippen molar-refractivity contribution in [1.82, 2.24) is 19.9 Å². The van der Waals surface area contributed by atoms with Gasteiger partial charge in [0.2, 0.25) is 5.95 Å². The van der Waals surface area contributed by atoms with Crippen molar-refractivity contribution in [3.05, 3.63) is 46.9 Å². The molecule has 11 nitrogen and oxygen atoms in total. The van der Waals surface area contributed by atoms with Crippen LogP contribution < -0.4 is 10.6 Å². The minimum atomic E-state index is -0.606. The predicted octanol–water partition coefficient (Wildman–Crippen LogP) is 0.837. The van der Waals surface area contributed by atoms with Gasteiger partial charge in [-0.3, -0.25) is 10.1 Å². The molecule has 3 rings (SSSR count). The van der Waals surface area contributed by atoms with Crippen molar-refractivity contribution in [1.29, 1.82) is 0 Å². The van der Waals surface area contributed by atoms with Crippen LogP contribution in [0.15, 0.2) is 36.8 Å². The van der Waals surface area contributed by atoms with Crippen LogP contribution in [0.3, 0.4) is 0 Å². The summed E-state index contributed by atoms with van der Waals surface area (Å²) in [6.07, 6.45) is 2.79. The molecule has 11 heteroatoms. The van der Waals surface area contributed by atoms with Gasteiger partial charge in [-0.05, 0) is 6.07 Å². The molecule has 2 aromatic heterocycles. The van der Waals surface area contributed by atoms with E-state index in [0.29, 0.717) is 22.5 Å². The summed E-state index contributed by atoms with van der Waals surface area (Å²) < 4.78 is 0. The minimum Gasteiger partial charge on any atom is -0.394 e. The number of fused-ring (bicyclic) bond motifs is 1. The number of nitrogens with one attached hydrogen (secondary N) is 2. The van der Waals surface area contributed by atoms with E-state index < -0.39 is 11.0 Å². The Kier molecular flexibility index (Phi) is 5.10. The molecule has 0 saturated carbocycles. The highest BCUT2D eigenvalue weighted by atomic mass is 16.6. The fraction of sp³-hybridized carbons (Fsp3) is 0.200. The van der Waals surface area contributed by atoms with Crippen LogP contribution in [0.2, 0.25) is 0 Å². The number of aliphatic hydroxyl groups excluding tert-OH is 2. The van der Waals surface area contributed by atoms with E-state index >= 15 is 0 Å². The lowest BCUT2D eigenvalue weighted by molar-refractivity contribution is -0.384. The first-order chi connectivity index (χ1) is 12.6. The van der Waals surface area contributed by atoms with Gasteiger partial charge in [-0.15, -0.1) is 0 Å². The van der Waals surface area contributed by atoms with Crippen molar-refractivity contribution in [2.45, 2.75) is 6.04 Å². The van der Waals surface area contributed by atoms with Gasteiger partial charge in [0.05, 0.1) is 30.4 Å². The Morgan fingerprint density at radius 1 is 1.19 bits per heavy atom. The van der Waals surface area contributed by atoms with Gasteiger partial charge in [0.15, 0.2) is 5.82 Å². The maximum atomic E-state index is 10.9. The van der Waals surface area contributed by atoms with Crippen LogP contribution in [-0.2, 0) is 0 Å². The van der Waals surface area contributed by atoms with Gasteiger partial charge in [0.1, 0.15) is 17.4 Å². The average molecular weight is 357 g/mol. The van der Waals surface area contributed by atoms with Crippen LogP contribution in [-0.4, -0.2) is 54.3 Å². The van der Waals surface area contributed by atoms with Gasteiger partial charge in [-0.2, -0.15) is 0 Å². The molecule has 0 radical (unpaired) electrons. The quantitative estimate of drug-likeness (QED) is 0.352. The SMILES string of the molecule is O=[N+]([O-])c1cccc(Nc2ncnc3cnc(NC(CO)CO)nc23)c1. The van der Waals surface area contributed by atoms with Gasteiger partial charge in [-0.1, -0.05) is 6.07 Å². The second kappa shape index (κ2) is 7.63. The molecule has 0 aliphatic heterocycles. The van der Waals surface area contributed by atoms with E-state index in [4.69, 9.17) is 10.2 Å². The van der Waals surface area contributed by atoms with Gasteiger partial charge in [-0.25, -0.2) is 19.9 Å². The summed E-state index contributed by atoms with van der Waals surface area (Å²) in [6, 6.07) is 5.37. The number of nitro benzene ring substituents is 1. The summed E-state index contributed by atoms with van der Waals surface area (Å²) in [6.45, 7) is -0.579. The summed E-state index contributed by atoms with van der Waals surface area (Å²) in [7, 11) is 0. The van der Waals surface area contributed by atoms with E-state index in [9.17, 15) is 10.1 Å². The molecular weight excluding hydrogens is 342 g/mol. The number of hydrogen-bond acceptors (Lipinski definition) is 10. The molecule has 0 atom stereocenters. The Hall–Kier alpha value is -3.44. The standard InChI is InChI=1S/C15H15N7O4/c23-6-10(7-24)20-15-16-5-12-13(21-15)14(18-8-17-12)19-9-2-1-3-11(4-9)22(25)26/h1-5,8,10,23-24H,6-7H2,(H,16,20,21)(H,17,18,19). The largest absolute Gasteiger partial charge is 0.394 e. The van der Waals surface area contributed by atoms with Crippen molar-refractivity contribution in [2.75, 3.05) is 23.8 Å². The number of aliphatic hydroxyl groups is 2. The third-order valence-corrected chi connectivity index (χ3v) is 3.47. The zero-order valence-corrected chi connectivity index (χ0v) is 13.4. The van der Waals surface area contributed by atoms with Crippen LogP contribution in [0.25, 0.3) is 11.0 Å². The van der Waals surface area contributed by atoms with Crippen LogP contribution >= 0.6 is 0 Å². The second-order valence-corrected chi connectivity index (χ2v) is 5.29. The summed E-state index contributed by atoms with van der Waals surface area (Å²) in [5, 5.41) is 35.0. The van der Waals surface area contributed by atoms with Gasteiger partial charge >= 0.3 is 0 Å². The average Bonchev–Trinajstić information content (AvgIpc) is 2.66. The first kappa shape index (κ1) is 17.4. The molecule has 0 fully saturated rings. The van der Waals surface area contributed by atoms with Gasteiger partial charge in [0.25, 0.3) is 5.69 Å². The lowest BCUT2D eigenvalue weighted by Crippen LogP contribution is -2.28. The zero-order chi connectivity index (χ0) is 18.5. The van der Waals surface area contributed by atoms with Crippen LogP contribution in [0, 0.1) is 10.1 Å². The Morgan fingerprint density at radius 3 is 2.73 bits per heavy atom. The number of hydrogen-bond donors (Lipinski definition) is 4. The maximum absolute atomic E-state index is 10.9.